The summed E-state index contributed by atoms with van der Waals surface area (Å²) in [6.07, 6.45) is 0. The van der Waals surface area contributed by atoms with E-state index in [1.807, 2.05) is 18.2 Å². The molecule has 22 heavy (non-hydrogen) atoms. The van der Waals surface area contributed by atoms with Gasteiger partial charge in [0.2, 0.25) is 5.91 Å². The lowest BCUT2D eigenvalue weighted by Crippen LogP contribution is -2.42. The zero-order valence-corrected chi connectivity index (χ0v) is 13.6. The highest BCUT2D eigenvalue weighted by atomic mass is 35.5. The van der Waals surface area contributed by atoms with E-state index < -0.39 is 5.91 Å². The number of thioether (sulfide) groups is 1. The fourth-order valence-electron chi connectivity index (χ4n) is 1.58. The maximum absolute atomic E-state index is 11.9. The first-order valence-corrected chi connectivity index (χ1v) is 8.03. The van der Waals surface area contributed by atoms with Gasteiger partial charge in [0.15, 0.2) is 0 Å². The third kappa shape index (κ3) is 4.66. The van der Waals surface area contributed by atoms with Crippen LogP contribution in [-0.4, -0.2) is 17.6 Å². The first-order chi connectivity index (χ1) is 10.6. The van der Waals surface area contributed by atoms with E-state index in [0.29, 0.717) is 15.6 Å². The Morgan fingerprint density at radius 2 is 1.55 bits per heavy atom. The van der Waals surface area contributed by atoms with E-state index in [1.165, 1.54) is 11.8 Å². The van der Waals surface area contributed by atoms with Crippen LogP contribution in [-0.2, 0) is 4.79 Å². The van der Waals surface area contributed by atoms with E-state index in [2.05, 4.69) is 10.9 Å². The number of hydrogen-bond donors (Lipinski definition) is 2. The summed E-state index contributed by atoms with van der Waals surface area (Å²) < 4.78 is 0. The molecule has 2 N–H and O–H groups in total. The highest BCUT2D eigenvalue weighted by Gasteiger charge is 2.11. The number of halogens is 2. The molecule has 0 aliphatic rings. The summed E-state index contributed by atoms with van der Waals surface area (Å²) in [5.74, 6) is -0.681. The van der Waals surface area contributed by atoms with Gasteiger partial charge in [-0.25, -0.2) is 0 Å². The van der Waals surface area contributed by atoms with E-state index in [4.69, 9.17) is 23.2 Å². The van der Waals surface area contributed by atoms with Crippen molar-refractivity contribution >= 4 is 46.8 Å². The number of hydrazine groups is 1. The van der Waals surface area contributed by atoms with Crippen molar-refractivity contribution in [3.05, 3.63) is 64.1 Å². The number of nitrogens with one attached hydrogen (secondary N) is 2. The molecule has 2 aromatic carbocycles. The van der Waals surface area contributed by atoms with Crippen LogP contribution in [0, 0.1) is 0 Å². The molecule has 0 saturated heterocycles. The van der Waals surface area contributed by atoms with E-state index in [9.17, 15) is 9.59 Å². The normalized spacial score (nSPS) is 10.1. The number of carbonyl (C=O) groups is 2. The minimum Gasteiger partial charge on any atom is -0.272 e. The summed E-state index contributed by atoms with van der Waals surface area (Å²) >= 11 is 13.2. The maximum Gasteiger partial charge on any atom is 0.271 e. The summed E-state index contributed by atoms with van der Waals surface area (Å²) in [6.45, 7) is 0. The molecule has 2 aromatic rings. The molecule has 0 spiro atoms. The Bertz CT molecular complexity index is 695. The molecule has 0 aromatic heterocycles. The molecule has 0 bridgehead atoms. The second kappa shape index (κ2) is 8.08. The molecule has 2 rings (SSSR count). The smallest absolute Gasteiger partial charge is 0.271 e. The first-order valence-electron chi connectivity index (χ1n) is 6.29. The van der Waals surface area contributed by atoms with Crippen molar-refractivity contribution in [2.45, 2.75) is 4.90 Å². The van der Waals surface area contributed by atoms with Crippen molar-refractivity contribution in [2.75, 3.05) is 5.75 Å². The Morgan fingerprint density at radius 3 is 2.23 bits per heavy atom. The predicted molar refractivity (Wildman–Crippen MR) is 89.2 cm³/mol. The minimum absolute atomic E-state index is 0.131. The van der Waals surface area contributed by atoms with Crippen LogP contribution in [0.15, 0.2) is 53.4 Å². The average Bonchev–Trinajstić information content (AvgIpc) is 2.52. The molecule has 0 aliphatic carbocycles. The third-order valence-corrected chi connectivity index (χ3v) is 4.47. The summed E-state index contributed by atoms with van der Waals surface area (Å²) in [5, 5.41) is 0.903. The summed E-state index contributed by atoms with van der Waals surface area (Å²) in [4.78, 5) is 24.4. The maximum atomic E-state index is 11.9. The molecule has 0 unspecified atom stereocenters. The zero-order chi connectivity index (χ0) is 15.9. The molecule has 7 heteroatoms. The predicted octanol–water partition coefficient (Wildman–Crippen LogP) is 3.55. The van der Waals surface area contributed by atoms with Crippen LogP contribution in [0.25, 0.3) is 0 Å². The van der Waals surface area contributed by atoms with E-state index in [1.54, 1.807) is 30.3 Å². The van der Waals surface area contributed by atoms with Crippen molar-refractivity contribution in [2.24, 2.45) is 0 Å². The number of hydrogen-bond acceptors (Lipinski definition) is 3. The van der Waals surface area contributed by atoms with Crippen LogP contribution in [0.4, 0.5) is 0 Å². The summed E-state index contributed by atoms with van der Waals surface area (Å²) in [6, 6.07) is 13.8. The minimum atomic E-state index is -0.471. The quantitative estimate of drug-likeness (QED) is 0.652. The van der Waals surface area contributed by atoms with E-state index in [0.717, 1.165) is 4.90 Å². The highest BCUT2D eigenvalue weighted by Crippen LogP contribution is 2.26. The molecule has 0 saturated carbocycles. The van der Waals surface area contributed by atoms with Gasteiger partial charge < -0.3 is 0 Å². The number of benzene rings is 2. The van der Waals surface area contributed by atoms with Crippen LogP contribution in [0.1, 0.15) is 10.4 Å². The molecule has 0 heterocycles. The largest absolute Gasteiger partial charge is 0.272 e. The van der Waals surface area contributed by atoms with E-state index in [-0.39, 0.29) is 11.7 Å². The Morgan fingerprint density at radius 1 is 0.909 bits per heavy atom. The van der Waals surface area contributed by atoms with Crippen molar-refractivity contribution in [1.29, 1.82) is 0 Å². The lowest BCUT2D eigenvalue weighted by atomic mass is 10.2. The second-order valence-corrected chi connectivity index (χ2v) is 6.03. The lowest BCUT2D eigenvalue weighted by Gasteiger charge is -2.08. The molecule has 4 nitrogen and oxygen atoms in total. The van der Waals surface area contributed by atoms with Crippen LogP contribution in [0.3, 0.4) is 0 Å². The fourth-order valence-corrected chi connectivity index (χ4v) is 2.84. The van der Waals surface area contributed by atoms with Gasteiger partial charge in [-0.05, 0) is 24.3 Å². The second-order valence-electron chi connectivity index (χ2n) is 4.20. The average molecular weight is 355 g/mol. The van der Waals surface area contributed by atoms with Gasteiger partial charge in [0, 0.05) is 4.90 Å². The molecular formula is C15H12Cl2N2O2S. The lowest BCUT2D eigenvalue weighted by molar-refractivity contribution is -0.119. The summed E-state index contributed by atoms with van der Waals surface area (Å²) in [7, 11) is 0. The summed E-state index contributed by atoms with van der Waals surface area (Å²) in [5.41, 5.74) is 4.95. The van der Waals surface area contributed by atoms with Crippen molar-refractivity contribution < 1.29 is 9.59 Å². The van der Waals surface area contributed by atoms with Gasteiger partial charge in [0.1, 0.15) is 0 Å². The molecular weight excluding hydrogens is 343 g/mol. The third-order valence-electron chi connectivity index (χ3n) is 2.63. The van der Waals surface area contributed by atoms with Crippen LogP contribution in [0.2, 0.25) is 10.0 Å². The number of carbonyl (C=O) groups excluding carboxylic acids is 2. The van der Waals surface area contributed by atoms with Gasteiger partial charge in [-0.3, -0.25) is 20.4 Å². The Balaban J connectivity index is 1.82. The van der Waals surface area contributed by atoms with Crippen LogP contribution in [0.5, 0.6) is 0 Å². The highest BCUT2D eigenvalue weighted by molar-refractivity contribution is 8.00. The molecule has 0 aliphatic heterocycles. The van der Waals surface area contributed by atoms with E-state index >= 15 is 0 Å². The van der Waals surface area contributed by atoms with Crippen molar-refractivity contribution in [3.8, 4) is 0 Å². The standard InChI is InChI=1S/C15H12Cl2N2O2S/c16-11-6-2-1-5-10(11)15(21)19-18-14(20)9-22-13-8-4-3-7-12(13)17/h1-8H,9H2,(H,18,20)(H,19,21). The topological polar surface area (TPSA) is 58.2 Å². The van der Waals surface area contributed by atoms with Gasteiger partial charge >= 0.3 is 0 Å². The van der Waals surface area contributed by atoms with Crippen molar-refractivity contribution in [1.82, 2.24) is 10.9 Å². The molecule has 2 amide bonds. The number of amides is 2. The van der Waals surface area contributed by atoms with Crippen LogP contribution >= 0.6 is 35.0 Å². The molecule has 0 fully saturated rings. The van der Waals surface area contributed by atoms with Gasteiger partial charge in [-0.15, -0.1) is 11.8 Å². The monoisotopic (exact) mass is 354 g/mol. The van der Waals surface area contributed by atoms with Gasteiger partial charge in [-0.1, -0.05) is 47.5 Å². The zero-order valence-electron chi connectivity index (χ0n) is 11.3. The molecule has 114 valence electrons. The fraction of sp³-hybridized carbons (Fsp3) is 0.0667. The van der Waals surface area contributed by atoms with Crippen molar-refractivity contribution in [3.63, 3.8) is 0 Å². The Hall–Kier alpha value is -1.69. The molecule has 0 radical (unpaired) electrons. The Kier molecular flexibility index (Phi) is 6.12. The Labute approximate surface area is 142 Å². The first kappa shape index (κ1) is 16.7. The number of rotatable bonds is 4. The van der Waals surface area contributed by atoms with Gasteiger partial charge in [0.05, 0.1) is 21.4 Å². The molecule has 0 atom stereocenters. The SMILES string of the molecule is O=C(CSc1ccccc1Cl)NNC(=O)c1ccccc1Cl. The van der Waals surface area contributed by atoms with Gasteiger partial charge in [0.25, 0.3) is 5.91 Å². The van der Waals surface area contributed by atoms with Gasteiger partial charge in [-0.2, -0.15) is 0 Å². The van der Waals surface area contributed by atoms with Crippen LogP contribution < -0.4 is 10.9 Å².